The third-order valence-corrected chi connectivity index (χ3v) is 7.48. The zero-order chi connectivity index (χ0) is 26.1. The van der Waals surface area contributed by atoms with E-state index in [1.807, 2.05) is 35.7 Å². The van der Waals surface area contributed by atoms with Crippen LogP contribution in [0.25, 0.3) is 5.70 Å². The van der Waals surface area contributed by atoms with Crippen LogP contribution in [-0.4, -0.2) is 38.7 Å². The first-order chi connectivity index (χ1) is 17.8. The molecule has 8 nitrogen and oxygen atoms in total. The number of hydroxylamine groups is 1. The van der Waals surface area contributed by atoms with Crippen molar-refractivity contribution in [1.82, 2.24) is 25.1 Å². The molecule has 1 saturated heterocycles. The van der Waals surface area contributed by atoms with Gasteiger partial charge in [0.25, 0.3) is 12.9 Å². The van der Waals surface area contributed by atoms with E-state index >= 15 is 0 Å². The molecule has 1 fully saturated rings. The van der Waals surface area contributed by atoms with E-state index in [0.29, 0.717) is 42.4 Å². The molecule has 3 aromatic rings. The maximum absolute atomic E-state index is 13.2. The number of hydrogen-bond donors (Lipinski definition) is 2. The second kappa shape index (κ2) is 10.5. The quantitative estimate of drug-likeness (QED) is 0.332. The second-order valence-corrected chi connectivity index (χ2v) is 9.72. The number of likely N-dealkylation sites (tertiary alicyclic amines) is 1. The molecule has 1 amide bonds. The first kappa shape index (κ1) is 25.2. The van der Waals surface area contributed by atoms with E-state index in [1.54, 1.807) is 4.90 Å². The standard InChI is InChI=1S/C24H24F4N6O2S/c25-22(26)17-9-19(23(27)28)34(31-17)11-21(35)33-7-5-13(6-8-33)24-30-18(12-37-24)16-10-20(36-32-16)14-3-1-2-4-15(14)29/h1-4,9-10,12-13,20,22-23,32H,5-8,11,29H2. The van der Waals surface area contributed by atoms with E-state index in [2.05, 4.69) is 10.6 Å². The first-order valence-electron chi connectivity index (χ1n) is 11.7. The van der Waals surface area contributed by atoms with Gasteiger partial charge in [0.15, 0.2) is 0 Å². The van der Waals surface area contributed by atoms with Crippen LogP contribution in [0, 0.1) is 0 Å². The van der Waals surface area contributed by atoms with Gasteiger partial charge in [-0.25, -0.2) is 22.5 Å². The molecule has 0 bridgehead atoms. The van der Waals surface area contributed by atoms with Gasteiger partial charge in [0.1, 0.15) is 24.0 Å². The summed E-state index contributed by atoms with van der Waals surface area (Å²) in [6.45, 7) is 0.307. The largest absolute Gasteiger partial charge is 0.398 e. The molecule has 4 heterocycles. The van der Waals surface area contributed by atoms with E-state index < -0.39 is 36.7 Å². The number of carbonyl (C=O) groups is 1. The van der Waals surface area contributed by atoms with Crippen molar-refractivity contribution in [2.24, 2.45) is 0 Å². The number of alkyl halides is 4. The highest BCUT2D eigenvalue weighted by Gasteiger charge is 2.29. The lowest BCUT2D eigenvalue weighted by Crippen LogP contribution is -2.40. The van der Waals surface area contributed by atoms with Gasteiger partial charge in [0.05, 0.1) is 16.4 Å². The van der Waals surface area contributed by atoms with E-state index in [9.17, 15) is 22.4 Å². The number of aromatic nitrogens is 3. The van der Waals surface area contributed by atoms with E-state index in [0.717, 1.165) is 22.0 Å². The zero-order valence-electron chi connectivity index (χ0n) is 19.5. The molecular formula is C24H24F4N6O2S. The molecule has 196 valence electrons. The average molecular weight is 537 g/mol. The van der Waals surface area contributed by atoms with Crippen molar-refractivity contribution in [1.29, 1.82) is 0 Å². The van der Waals surface area contributed by atoms with Gasteiger partial charge in [0.2, 0.25) is 5.91 Å². The number of halogens is 4. The number of amides is 1. The Labute approximate surface area is 213 Å². The minimum absolute atomic E-state index is 0.137. The predicted molar refractivity (Wildman–Crippen MR) is 129 cm³/mol. The number of anilines is 1. The molecule has 0 saturated carbocycles. The smallest absolute Gasteiger partial charge is 0.282 e. The molecule has 2 aliphatic rings. The van der Waals surface area contributed by atoms with Crippen molar-refractivity contribution in [3.63, 3.8) is 0 Å². The van der Waals surface area contributed by atoms with Crippen molar-refractivity contribution in [3.8, 4) is 0 Å². The fourth-order valence-corrected chi connectivity index (χ4v) is 5.46. The van der Waals surface area contributed by atoms with Crippen LogP contribution < -0.4 is 11.2 Å². The molecule has 2 aliphatic heterocycles. The second-order valence-electron chi connectivity index (χ2n) is 8.83. The third kappa shape index (κ3) is 5.32. The summed E-state index contributed by atoms with van der Waals surface area (Å²) < 4.78 is 52.9. The van der Waals surface area contributed by atoms with Crippen molar-refractivity contribution in [2.45, 2.75) is 44.3 Å². The van der Waals surface area contributed by atoms with Crippen LogP contribution in [0.4, 0.5) is 23.2 Å². The Morgan fingerprint density at radius 3 is 2.65 bits per heavy atom. The van der Waals surface area contributed by atoms with Crippen LogP contribution >= 0.6 is 11.3 Å². The highest BCUT2D eigenvalue weighted by molar-refractivity contribution is 7.09. The summed E-state index contributed by atoms with van der Waals surface area (Å²) >= 11 is 1.52. The van der Waals surface area contributed by atoms with Crippen molar-refractivity contribution in [2.75, 3.05) is 18.8 Å². The molecule has 1 atom stereocenters. The fraction of sp³-hybridized carbons (Fsp3) is 0.375. The molecular weight excluding hydrogens is 512 g/mol. The molecule has 0 aliphatic carbocycles. The highest BCUT2D eigenvalue weighted by atomic mass is 32.1. The number of nitrogens with one attached hydrogen (secondary N) is 1. The van der Waals surface area contributed by atoms with Crippen molar-refractivity contribution >= 4 is 28.6 Å². The molecule has 5 rings (SSSR count). The third-order valence-electron chi connectivity index (χ3n) is 6.47. The predicted octanol–water partition coefficient (Wildman–Crippen LogP) is 4.82. The molecule has 13 heteroatoms. The Hall–Kier alpha value is -3.45. The zero-order valence-corrected chi connectivity index (χ0v) is 20.3. The molecule has 1 unspecified atom stereocenters. The van der Waals surface area contributed by atoms with E-state index in [4.69, 9.17) is 15.6 Å². The summed E-state index contributed by atoms with van der Waals surface area (Å²) in [7, 11) is 0. The van der Waals surface area contributed by atoms with Gasteiger partial charge >= 0.3 is 0 Å². The Morgan fingerprint density at radius 1 is 1.19 bits per heavy atom. The number of rotatable bonds is 7. The van der Waals surface area contributed by atoms with Gasteiger partial charge in [-0.15, -0.1) is 11.3 Å². The lowest BCUT2D eigenvalue weighted by atomic mass is 9.97. The minimum Gasteiger partial charge on any atom is -0.398 e. The number of hydrogen-bond acceptors (Lipinski definition) is 7. The number of nitrogens with zero attached hydrogens (tertiary/aromatic N) is 4. The molecule has 37 heavy (non-hydrogen) atoms. The number of benzene rings is 1. The monoisotopic (exact) mass is 536 g/mol. The highest BCUT2D eigenvalue weighted by Crippen LogP contribution is 2.35. The number of thiazole rings is 1. The van der Waals surface area contributed by atoms with Gasteiger partial charge in [-0.2, -0.15) is 5.10 Å². The number of para-hydroxylation sites is 1. The number of piperidine rings is 1. The van der Waals surface area contributed by atoms with Crippen LogP contribution in [0.5, 0.6) is 0 Å². The van der Waals surface area contributed by atoms with Crippen molar-refractivity contribution in [3.05, 3.63) is 69.4 Å². The van der Waals surface area contributed by atoms with Crippen LogP contribution in [0.1, 0.15) is 65.4 Å². The maximum Gasteiger partial charge on any atom is 0.282 e. The lowest BCUT2D eigenvalue weighted by molar-refractivity contribution is -0.133. The van der Waals surface area contributed by atoms with Gasteiger partial charge in [-0.1, -0.05) is 18.2 Å². The summed E-state index contributed by atoms with van der Waals surface area (Å²) in [6.07, 6.45) is -3.10. The summed E-state index contributed by atoms with van der Waals surface area (Å²) in [5.74, 6) is -0.300. The summed E-state index contributed by atoms with van der Waals surface area (Å²) in [5, 5.41) is 6.37. The van der Waals surface area contributed by atoms with Crippen LogP contribution in [0.3, 0.4) is 0 Å². The van der Waals surface area contributed by atoms with Gasteiger partial charge in [-0.3, -0.25) is 19.8 Å². The maximum atomic E-state index is 13.2. The Kier molecular flexibility index (Phi) is 7.15. The number of nitrogens with two attached hydrogens (primary N) is 1. The normalized spacial score (nSPS) is 18.5. The Bertz CT molecular complexity index is 1300. The van der Waals surface area contributed by atoms with Gasteiger partial charge in [-0.05, 0) is 31.1 Å². The van der Waals surface area contributed by atoms with E-state index in [1.165, 1.54) is 11.3 Å². The van der Waals surface area contributed by atoms with Crippen molar-refractivity contribution < 1.29 is 27.2 Å². The summed E-state index contributed by atoms with van der Waals surface area (Å²) in [5.41, 5.74) is 10.5. The summed E-state index contributed by atoms with van der Waals surface area (Å²) in [6, 6.07) is 8.12. The lowest BCUT2D eigenvalue weighted by Gasteiger charge is -2.31. The average Bonchev–Trinajstić information content (AvgIpc) is 3.64. The number of carbonyl (C=O) groups excluding carboxylic acids is 1. The molecule has 2 aromatic heterocycles. The minimum atomic E-state index is -3.01. The van der Waals surface area contributed by atoms with Crippen LogP contribution in [0.2, 0.25) is 0 Å². The summed E-state index contributed by atoms with van der Waals surface area (Å²) in [4.78, 5) is 24.7. The van der Waals surface area contributed by atoms with Crippen LogP contribution in [-0.2, 0) is 16.2 Å². The molecule has 0 spiro atoms. The van der Waals surface area contributed by atoms with Gasteiger partial charge < -0.3 is 10.6 Å². The number of nitrogen functional groups attached to an aromatic ring is 1. The fourth-order valence-electron chi connectivity index (χ4n) is 4.47. The topological polar surface area (TPSA) is 98.3 Å². The molecule has 1 aromatic carbocycles. The first-order valence-corrected chi connectivity index (χ1v) is 12.5. The molecule has 3 N–H and O–H groups in total. The Morgan fingerprint density at radius 2 is 1.95 bits per heavy atom. The van der Waals surface area contributed by atoms with Gasteiger partial charge in [0, 0.05) is 35.6 Å². The Balaban J connectivity index is 1.19. The van der Waals surface area contributed by atoms with E-state index in [-0.39, 0.29) is 12.0 Å². The SMILES string of the molecule is Nc1ccccc1C1C=C(c2csc(C3CCN(C(=O)Cn4nc(C(F)F)cc4C(F)F)CC3)n2)NO1. The molecule has 0 radical (unpaired) electrons. The van der Waals surface area contributed by atoms with Crippen LogP contribution in [0.15, 0.2) is 41.8 Å².